The molecule has 6 nitrogen and oxygen atoms in total. The molecule has 24 heavy (non-hydrogen) atoms. The monoisotopic (exact) mass is 442 g/mol. The van der Waals surface area contributed by atoms with Gasteiger partial charge in [-0.2, -0.15) is 0 Å². The van der Waals surface area contributed by atoms with E-state index in [2.05, 4.69) is 48.7 Å². The quantitative estimate of drug-likeness (QED) is 0.283. The van der Waals surface area contributed by atoms with Gasteiger partial charge in [-0.1, -0.05) is 15.9 Å². The summed E-state index contributed by atoms with van der Waals surface area (Å²) >= 11 is 3.49. The average Bonchev–Trinajstić information content (AvgIpc) is 3.21. The first-order valence-electron chi connectivity index (χ1n) is 6.64. The van der Waals surface area contributed by atoms with Crippen molar-refractivity contribution >= 4 is 15.9 Å². The third-order valence-electron chi connectivity index (χ3n) is 3.37. The van der Waals surface area contributed by atoms with Gasteiger partial charge in [-0.3, -0.25) is 0 Å². The van der Waals surface area contributed by atoms with E-state index in [0.29, 0.717) is 13.2 Å². The Morgan fingerprint density at radius 2 is 1.75 bits per heavy atom. The van der Waals surface area contributed by atoms with Gasteiger partial charge >= 0.3 is 33.9 Å². The molecule has 0 aromatic rings. The van der Waals surface area contributed by atoms with Crippen LogP contribution < -0.4 is 0 Å². The molecule has 2 fully saturated rings. The Kier molecular flexibility index (Phi) is 23.4. The van der Waals surface area contributed by atoms with E-state index in [1.54, 1.807) is 7.11 Å². The second-order valence-corrected chi connectivity index (χ2v) is 5.24. The average molecular weight is 443 g/mol. The first kappa shape index (κ1) is 28.9. The van der Waals surface area contributed by atoms with Crippen molar-refractivity contribution < 1.29 is 45.2 Å². The zero-order valence-corrected chi connectivity index (χ0v) is 15.9. The molecular weight excluding hydrogens is 424 g/mol. The van der Waals surface area contributed by atoms with Crippen molar-refractivity contribution in [1.29, 1.82) is 0 Å². The van der Waals surface area contributed by atoms with Gasteiger partial charge in [0.25, 0.3) is 0 Å². The Labute approximate surface area is 163 Å². The van der Waals surface area contributed by atoms with E-state index < -0.39 is 0 Å². The number of ether oxygens (including phenoxy) is 3. The van der Waals surface area contributed by atoms with Gasteiger partial charge in [0.15, 0.2) is 6.29 Å². The van der Waals surface area contributed by atoms with E-state index in [0.717, 1.165) is 30.7 Å². The fourth-order valence-corrected chi connectivity index (χ4v) is 2.67. The van der Waals surface area contributed by atoms with Crippen LogP contribution in [0.2, 0.25) is 0 Å². The summed E-state index contributed by atoms with van der Waals surface area (Å²) in [4.78, 5) is 0. The summed E-state index contributed by atoms with van der Waals surface area (Å²) in [6.45, 7) is 14.9. The second kappa shape index (κ2) is 19.4. The number of halogens is 1. The molecule has 0 bridgehead atoms. The van der Waals surface area contributed by atoms with Gasteiger partial charge in [-0.05, 0) is 32.1 Å². The van der Waals surface area contributed by atoms with Crippen molar-refractivity contribution in [2.24, 2.45) is 5.41 Å². The van der Waals surface area contributed by atoms with Crippen LogP contribution in [0.15, 0.2) is 0 Å². The Bertz CT molecular complexity index is 319. The fraction of sp³-hybridized carbons (Fsp3) is 0.562. The van der Waals surface area contributed by atoms with E-state index in [9.17, 15) is 0 Å². The molecule has 0 amide bonds. The normalized spacial score (nSPS) is 19.0. The number of hydrogen-bond donors (Lipinski definition) is 0. The van der Waals surface area contributed by atoms with Crippen LogP contribution in [0.1, 0.15) is 19.3 Å². The van der Waals surface area contributed by atoms with Crippen LogP contribution in [-0.4, -0.2) is 31.9 Å². The zero-order chi connectivity index (χ0) is 18.1. The van der Waals surface area contributed by atoms with Crippen molar-refractivity contribution in [1.82, 2.24) is 0 Å². The summed E-state index contributed by atoms with van der Waals surface area (Å²) in [6, 6.07) is 0. The molecule has 1 saturated heterocycles. The SMILES string of the molecule is CO[C]1[CH][CH]C(CCCBr)(C2OCCO2)C[CH]1.[C-]#[O+].[C-]#[O+].[C-]#[O+].[Fe]. The van der Waals surface area contributed by atoms with Crippen molar-refractivity contribution in [3.63, 3.8) is 0 Å². The number of rotatable bonds is 5. The maximum Gasteiger partial charge on any atom is 0 e. The first-order chi connectivity index (χ1) is 11.3. The number of methoxy groups -OCH3 is 1. The predicted octanol–water partition coefficient (Wildman–Crippen LogP) is 2.60. The van der Waals surface area contributed by atoms with E-state index in [1.165, 1.54) is 0 Å². The minimum absolute atomic E-state index is 0. The molecule has 1 heterocycles. The minimum Gasteiger partial charge on any atom is 0 e. The molecule has 0 aromatic heterocycles. The molecule has 2 aliphatic rings. The molecule has 0 spiro atoms. The molecule has 134 valence electrons. The molecule has 4 radical (unpaired) electrons. The summed E-state index contributed by atoms with van der Waals surface area (Å²) in [5.41, 5.74) is -0.0215. The number of alkyl halides is 1. The Hall–Kier alpha value is 0.0995. The zero-order valence-electron chi connectivity index (χ0n) is 13.2. The van der Waals surface area contributed by atoms with Crippen LogP contribution in [0.5, 0.6) is 0 Å². The van der Waals surface area contributed by atoms with Gasteiger partial charge in [-0.25, -0.2) is 0 Å². The van der Waals surface area contributed by atoms with Crippen LogP contribution in [0, 0.1) is 50.7 Å². The maximum absolute atomic E-state index is 7.50. The van der Waals surface area contributed by atoms with Gasteiger partial charge < -0.3 is 14.2 Å². The van der Waals surface area contributed by atoms with Crippen LogP contribution in [0.3, 0.4) is 0 Å². The van der Waals surface area contributed by atoms with Crippen LogP contribution in [0.25, 0.3) is 0 Å². The molecule has 1 aliphatic heterocycles. The molecule has 2 rings (SSSR count). The Morgan fingerprint density at radius 1 is 1.21 bits per heavy atom. The molecular formula is C16H19BrFeO6. The second-order valence-electron chi connectivity index (χ2n) is 4.45. The van der Waals surface area contributed by atoms with Crippen molar-refractivity contribution in [2.45, 2.75) is 25.6 Å². The van der Waals surface area contributed by atoms with E-state index >= 15 is 0 Å². The largest absolute Gasteiger partial charge is 0 e. The maximum atomic E-state index is 7.50. The third-order valence-corrected chi connectivity index (χ3v) is 3.93. The first-order valence-corrected chi connectivity index (χ1v) is 7.77. The van der Waals surface area contributed by atoms with Gasteiger partial charge in [-0.15, -0.1) is 0 Å². The van der Waals surface area contributed by atoms with Crippen LogP contribution >= 0.6 is 15.9 Å². The van der Waals surface area contributed by atoms with Crippen LogP contribution in [-0.2, 0) is 45.2 Å². The predicted molar refractivity (Wildman–Crippen MR) is 80.7 cm³/mol. The third kappa shape index (κ3) is 9.55. The standard InChI is InChI=1S/C13H19BrO3.3CO.Fe/c1-15-11-3-6-13(7-4-11,5-2-8-14)12-16-9-10-17-12;3*1-2;/h3-4,6,12H,2,5,7-10H2,1H3;;;;. The van der Waals surface area contributed by atoms with Gasteiger partial charge in [0.2, 0.25) is 0 Å². The van der Waals surface area contributed by atoms with Gasteiger partial charge in [0.1, 0.15) is 6.10 Å². The van der Waals surface area contributed by atoms with E-state index in [1.807, 2.05) is 6.42 Å². The summed E-state index contributed by atoms with van der Waals surface area (Å²) in [5, 5.41) is 1.01. The smallest absolute Gasteiger partial charge is 0 e. The van der Waals surface area contributed by atoms with Gasteiger partial charge in [0.05, 0.1) is 13.2 Å². The molecule has 1 saturated carbocycles. The van der Waals surface area contributed by atoms with E-state index in [-0.39, 0.29) is 28.8 Å². The topological polar surface area (TPSA) is 87.4 Å². The van der Waals surface area contributed by atoms with Crippen molar-refractivity contribution in [2.75, 3.05) is 25.7 Å². The molecule has 1 aliphatic carbocycles. The minimum atomic E-state index is -0.104. The summed E-state index contributed by atoms with van der Waals surface area (Å²) in [5.74, 6) is 0. The van der Waals surface area contributed by atoms with Crippen molar-refractivity contribution in [3.8, 4) is 0 Å². The number of hydrogen-bond acceptors (Lipinski definition) is 3. The molecule has 0 aromatic carbocycles. The summed E-state index contributed by atoms with van der Waals surface area (Å²) in [6.07, 6.45) is 10.3. The summed E-state index contributed by atoms with van der Waals surface area (Å²) < 4.78 is 39.1. The molecule has 8 heteroatoms. The molecule has 1 atom stereocenters. The fourth-order valence-electron chi connectivity index (χ4n) is 2.39. The molecule has 0 N–H and O–H groups in total. The Morgan fingerprint density at radius 3 is 2.12 bits per heavy atom. The Balaban J connectivity index is -0.000000569. The summed E-state index contributed by atoms with van der Waals surface area (Å²) in [7, 11) is 1.70. The molecule has 1 unspecified atom stereocenters. The van der Waals surface area contributed by atoms with E-state index in [4.69, 9.17) is 28.2 Å². The van der Waals surface area contributed by atoms with Gasteiger partial charge in [0, 0.05) is 41.3 Å². The van der Waals surface area contributed by atoms with Crippen molar-refractivity contribution in [3.05, 3.63) is 45.3 Å². The van der Waals surface area contributed by atoms with Crippen LogP contribution in [0.4, 0.5) is 0 Å².